The van der Waals surface area contributed by atoms with Gasteiger partial charge < -0.3 is 24.6 Å². The Morgan fingerprint density at radius 1 is 0.909 bits per heavy atom. The number of halogens is 1. The highest BCUT2D eigenvalue weighted by Crippen LogP contribution is 2.16. The minimum Gasteiger partial charge on any atom is -0.368 e. The molecule has 0 aromatic carbocycles. The summed E-state index contributed by atoms with van der Waals surface area (Å²) in [6.45, 7) is 4.97. The van der Waals surface area contributed by atoms with Crippen LogP contribution in [0.3, 0.4) is 0 Å². The Morgan fingerprint density at radius 3 is 2.00 bits per heavy atom. The third-order valence-corrected chi connectivity index (χ3v) is 4.31. The Hall–Kier alpha value is -0.890. The summed E-state index contributed by atoms with van der Waals surface area (Å²) in [6, 6.07) is 0. The summed E-state index contributed by atoms with van der Waals surface area (Å²) in [5.41, 5.74) is 0. The van der Waals surface area contributed by atoms with E-state index in [0.29, 0.717) is 45.9 Å². The van der Waals surface area contributed by atoms with Gasteiger partial charge in [-0.2, -0.15) is 0 Å². The van der Waals surface area contributed by atoms with Crippen molar-refractivity contribution in [3.8, 4) is 0 Å². The number of hydrogen-bond acceptors (Lipinski definition) is 5. The van der Waals surface area contributed by atoms with E-state index >= 15 is 0 Å². The number of nitrogens with zero attached hydrogens (tertiary/aromatic N) is 2. The quantitative estimate of drug-likeness (QED) is 0.720. The fourth-order valence-electron chi connectivity index (χ4n) is 3.05. The Labute approximate surface area is 136 Å². The van der Waals surface area contributed by atoms with Gasteiger partial charge in [0.05, 0.1) is 6.61 Å². The molecule has 2 unspecified atom stereocenters. The van der Waals surface area contributed by atoms with Crippen LogP contribution in [0.25, 0.3) is 0 Å². The zero-order valence-corrected chi connectivity index (χ0v) is 13.5. The molecule has 0 bridgehead atoms. The summed E-state index contributed by atoms with van der Waals surface area (Å²) in [6.07, 6.45) is 1.14. The molecule has 3 rings (SSSR count). The van der Waals surface area contributed by atoms with Crippen LogP contribution in [0.5, 0.6) is 0 Å². The van der Waals surface area contributed by atoms with Crippen LogP contribution < -0.4 is 5.32 Å². The molecule has 0 aliphatic carbocycles. The zero-order valence-electron chi connectivity index (χ0n) is 12.7. The lowest BCUT2D eigenvalue weighted by Crippen LogP contribution is -2.57. The second kappa shape index (κ2) is 8.10. The molecule has 0 spiro atoms. The number of carbonyl (C=O) groups is 2. The summed E-state index contributed by atoms with van der Waals surface area (Å²) < 4.78 is 10.9. The predicted molar refractivity (Wildman–Crippen MR) is 82.0 cm³/mol. The molecule has 8 heteroatoms. The van der Waals surface area contributed by atoms with Crippen molar-refractivity contribution in [3.63, 3.8) is 0 Å². The van der Waals surface area contributed by atoms with Crippen molar-refractivity contribution in [1.29, 1.82) is 0 Å². The molecule has 3 aliphatic heterocycles. The summed E-state index contributed by atoms with van der Waals surface area (Å²) >= 11 is 0. The van der Waals surface area contributed by atoms with Crippen molar-refractivity contribution in [2.45, 2.75) is 25.0 Å². The average molecular weight is 334 g/mol. The van der Waals surface area contributed by atoms with E-state index in [0.717, 1.165) is 19.4 Å². The van der Waals surface area contributed by atoms with Gasteiger partial charge in [0.25, 0.3) is 11.8 Å². The second-order valence-corrected chi connectivity index (χ2v) is 5.72. The lowest BCUT2D eigenvalue weighted by atomic mass is 10.2. The van der Waals surface area contributed by atoms with Crippen LogP contribution in [0.15, 0.2) is 0 Å². The molecule has 1 N–H and O–H groups in total. The van der Waals surface area contributed by atoms with Crippen LogP contribution in [-0.2, 0) is 19.1 Å². The smallest absolute Gasteiger partial charge is 0.253 e. The van der Waals surface area contributed by atoms with Crippen LogP contribution in [0.1, 0.15) is 12.8 Å². The molecule has 126 valence electrons. The number of amides is 2. The number of nitrogens with one attached hydrogen (secondary N) is 1. The van der Waals surface area contributed by atoms with Crippen LogP contribution in [0.4, 0.5) is 0 Å². The van der Waals surface area contributed by atoms with E-state index in [1.807, 2.05) is 4.90 Å². The number of morpholine rings is 1. The third-order valence-electron chi connectivity index (χ3n) is 4.31. The van der Waals surface area contributed by atoms with Gasteiger partial charge in [-0.3, -0.25) is 9.59 Å². The largest absolute Gasteiger partial charge is 0.368 e. The SMILES string of the molecule is Cl.O=C(C1CCCO1)N1CCN(C(=O)C2CNCCO2)CC1. The van der Waals surface area contributed by atoms with Gasteiger partial charge in [0.2, 0.25) is 0 Å². The number of rotatable bonds is 2. The average Bonchev–Trinajstić information content (AvgIpc) is 3.09. The molecule has 7 nitrogen and oxygen atoms in total. The van der Waals surface area contributed by atoms with Gasteiger partial charge in [0, 0.05) is 45.9 Å². The molecule has 3 heterocycles. The number of piperazine rings is 1. The van der Waals surface area contributed by atoms with Crippen molar-refractivity contribution in [3.05, 3.63) is 0 Å². The summed E-state index contributed by atoms with van der Waals surface area (Å²) in [7, 11) is 0. The molecule has 0 saturated carbocycles. The lowest BCUT2D eigenvalue weighted by molar-refractivity contribution is -0.152. The highest BCUT2D eigenvalue weighted by atomic mass is 35.5. The zero-order chi connectivity index (χ0) is 14.7. The van der Waals surface area contributed by atoms with Crippen molar-refractivity contribution in [2.75, 3.05) is 52.5 Å². The summed E-state index contributed by atoms with van der Waals surface area (Å²) in [5, 5.41) is 3.17. The Balaban J connectivity index is 0.00000176. The van der Waals surface area contributed by atoms with Gasteiger partial charge in [-0.1, -0.05) is 0 Å². The maximum absolute atomic E-state index is 12.3. The van der Waals surface area contributed by atoms with E-state index in [1.165, 1.54) is 0 Å². The molecule has 2 atom stereocenters. The molecule has 3 saturated heterocycles. The molecular formula is C14H24ClN3O4. The predicted octanol–water partition coefficient (Wildman–Crippen LogP) is -0.754. The van der Waals surface area contributed by atoms with Gasteiger partial charge in [-0.15, -0.1) is 12.4 Å². The molecule has 3 aliphatic rings. The van der Waals surface area contributed by atoms with Crippen LogP contribution in [-0.4, -0.2) is 86.3 Å². The van der Waals surface area contributed by atoms with Crippen molar-refractivity contribution >= 4 is 24.2 Å². The first kappa shape index (κ1) is 17.5. The van der Waals surface area contributed by atoms with Crippen LogP contribution >= 0.6 is 12.4 Å². The van der Waals surface area contributed by atoms with Crippen molar-refractivity contribution < 1.29 is 19.1 Å². The molecular weight excluding hydrogens is 310 g/mol. The Kier molecular flexibility index (Phi) is 6.43. The second-order valence-electron chi connectivity index (χ2n) is 5.72. The van der Waals surface area contributed by atoms with Gasteiger partial charge in [-0.05, 0) is 12.8 Å². The maximum Gasteiger partial charge on any atom is 0.253 e. The minimum absolute atomic E-state index is 0. The van der Waals surface area contributed by atoms with Gasteiger partial charge in [0.1, 0.15) is 12.2 Å². The summed E-state index contributed by atoms with van der Waals surface area (Å²) in [5.74, 6) is 0.113. The molecule has 2 amide bonds. The molecule has 3 fully saturated rings. The van der Waals surface area contributed by atoms with Crippen molar-refractivity contribution in [1.82, 2.24) is 15.1 Å². The first-order chi connectivity index (χ1) is 10.3. The van der Waals surface area contributed by atoms with Crippen LogP contribution in [0, 0.1) is 0 Å². The van der Waals surface area contributed by atoms with E-state index < -0.39 is 0 Å². The van der Waals surface area contributed by atoms with Gasteiger partial charge in [0.15, 0.2) is 0 Å². The van der Waals surface area contributed by atoms with E-state index in [2.05, 4.69) is 5.32 Å². The topological polar surface area (TPSA) is 71.1 Å². The molecule has 0 aromatic rings. The molecule has 0 aromatic heterocycles. The van der Waals surface area contributed by atoms with Crippen LogP contribution in [0.2, 0.25) is 0 Å². The minimum atomic E-state index is -0.376. The van der Waals surface area contributed by atoms with E-state index in [4.69, 9.17) is 9.47 Å². The Bertz CT molecular complexity index is 390. The normalized spacial score (nSPS) is 29.1. The van der Waals surface area contributed by atoms with Crippen molar-refractivity contribution in [2.24, 2.45) is 0 Å². The first-order valence-corrected chi connectivity index (χ1v) is 7.77. The fourth-order valence-corrected chi connectivity index (χ4v) is 3.05. The molecule has 0 radical (unpaired) electrons. The standard InChI is InChI=1S/C14H23N3O4.ClH/c18-13(11-2-1-8-20-11)16-4-6-17(7-5-16)14(19)12-10-15-3-9-21-12;/h11-12,15H,1-10H2;1H. The van der Waals surface area contributed by atoms with Gasteiger partial charge >= 0.3 is 0 Å². The van der Waals surface area contributed by atoms with Gasteiger partial charge in [-0.25, -0.2) is 0 Å². The van der Waals surface area contributed by atoms with E-state index in [1.54, 1.807) is 4.90 Å². The maximum atomic E-state index is 12.3. The number of ether oxygens (including phenoxy) is 2. The third kappa shape index (κ3) is 3.90. The first-order valence-electron chi connectivity index (χ1n) is 7.77. The highest BCUT2D eigenvalue weighted by Gasteiger charge is 2.33. The summed E-state index contributed by atoms with van der Waals surface area (Å²) in [4.78, 5) is 28.2. The van der Waals surface area contributed by atoms with E-state index in [-0.39, 0.29) is 36.4 Å². The highest BCUT2D eigenvalue weighted by molar-refractivity contribution is 5.85. The molecule has 22 heavy (non-hydrogen) atoms. The number of hydrogen-bond donors (Lipinski definition) is 1. The lowest BCUT2D eigenvalue weighted by Gasteiger charge is -2.37. The number of carbonyl (C=O) groups excluding carboxylic acids is 2. The fraction of sp³-hybridized carbons (Fsp3) is 0.857. The monoisotopic (exact) mass is 333 g/mol. The Morgan fingerprint density at radius 2 is 1.50 bits per heavy atom. The van der Waals surface area contributed by atoms with E-state index in [9.17, 15) is 9.59 Å².